The molecule has 1 heterocycles. The number of aryl methyl sites for hydroxylation is 1. The topological polar surface area (TPSA) is 59.4 Å². The number of para-hydroxylation sites is 1. The van der Waals surface area contributed by atoms with Gasteiger partial charge in [0.2, 0.25) is 0 Å². The van der Waals surface area contributed by atoms with E-state index >= 15 is 0 Å². The van der Waals surface area contributed by atoms with Crippen LogP contribution in [0.4, 0.5) is 0 Å². The summed E-state index contributed by atoms with van der Waals surface area (Å²) < 4.78 is 5.56. The molecule has 2 rings (SSSR count). The van der Waals surface area contributed by atoms with Crippen LogP contribution >= 0.6 is 22.9 Å². The molecule has 1 N–H and O–H groups in total. The second kappa shape index (κ2) is 6.54. The average molecular weight is 298 g/mol. The second-order valence-electron chi connectivity index (χ2n) is 3.83. The van der Waals surface area contributed by atoms with Crippen molar-refractivity contribution in [2.24, 2.45) is 0 Å². The van der Waals surface area contributed by atoms with Crippen molar-refractivity contribution in [3.05, 3.63) is 45.4 Å². The van der Waals surface area contributed by atoms with Crippen LogP contribution in [0, 0.1) is 0 Å². The number of carboxylic acid groups (broad SMARTS) is 1. The third kappa shape index (κ3) is 4.22. The molecule has 0 radical (unpaired) electrons. The summed E-state index contributed by atoms with van der Waals surface area (Å²) in [6.45, 7) is 0.335. The molecule has 19 heavy (non-hydrogen) atoms. The van der Waals surface area contributed by atoms with Crippen molar-refractivity contribution in [3.8, 4) is 5.75 Å². The van der Waals surface area contributed by atoms with E-state index in [9.17, 15) is 4.79 Å². The molecule has 0 amide bonds. The van der Waals surface area contributed by atoms with Crippen LogP contribution in [-0.4, -0.2) is 16.1 Å². The van der Waals surface area contributed by atoms with Crippen LogP contribution in [0.3, 0.4) is 0 Å². The first-order valence-electron chi connectivity index (χ1n) is 5.68. The number of thiazole rings is 1. The highest BCUT2D eigenvalue weighted by Crippen LogP contribution is 2.25. The zero-order chi connectivity index (χ0) is 13.7. The van der Waals surface area contributed by atoms with Crippen molar-refractivity contribution < 1.29 is 14.6 Å². The Morgan fingerprint density at radius 1 is 1.42 bits per heavy atom. The van der Waals surface area contributed by atoms with Gasteiger partial charge in [0.1, 0.15) is 17.4 Å². The molecule has 4 nitrogen and oxygen atoms in total. The summed E-state index contributed by atoms with van der Waals surface area (Å²) in [4.78, 5) is 15.6. The molecule has 0 aliphatic heterocycles. The number of aromatic nitrogens is 1. The number of carbonyl (C=O) groups is 1. The van der Waals surface area contributed by atoms with Crippen molar-refractivity contribution in [2.75, 3.05) is 0 Å². The van der Waals surface area contributed by atoms with E-state index in [1.165, 1.54) is 11.3 Å². The maximum absolute atomic E-state index is 10.5. The molecule has 0 spiro atoms. The quantitative estimate of drug-likeness (QED) is 0.888. The lowest BCUT2D eigenvalue weighted by Gasteiger charge is -2.05. The van der Waals surface area contributed by atoms with E-state index in [4.69, 9.17) is 21.4 Å². The third-order valence-electron chi connectivity index (χ3n) is 2.37. The predicted molar refractivity (Wildman–Crippen MR) is 73.9 cm³/mol. The maximum Gasteiger partial charge on any atom is 0.303 e. The van der Waals surface area contributed by atoms with E-state index in [-0.39, 0.29) is 6.42 Å². The number of benzene rings is 1. The Kier molecular flexibility index (Phi) is 4.76. The summed E-state index contributed by atoms with van der Waals surface area (Å²) >= 11 is 7.43. The Morgan fingerprint density at radius 2 is 2.21 bits per heavy atom. The minimum Gasteiger partial charge on any atom is -0.485 e. The predicted octanol–water partition coefficient (Wildman–Crippen LogP) is 3.39. The van der Waals surface area contributed by atoms with Gasteiger partial charge in [-0.15, -0.1) is 11.3 Å². The number of aliphatic carboxylic acids is 1. The van der Waals surface area contributed by atoms with Crippen LogP contribution in [-0.2, 0) is 17.8 Å². The first-order chi connectivity index (χ1) is 9.15. The lowest BCUT2D eigenvalue weighted by Crippen LogP contribution is -1.95. The summed E-state index contributed by atoms with van der Waals surface area (Å²) in [7, 11) is 0. The Hall–Kier alpha value is -1.59. The molecule has 6 heteroatoms. The van der Waals surface area contributed by atoms with Gasteiger partial charge in [-0.2, -0.15) is 0 Å². The summed E-state index contributed by atoms with van der Waals surface area (Å²) in [5, 5.41) is 9.98. The molecule has 1 aromatic carbocycles. The minimum absolute atomic E-state index is 0.118. The SMILES string of the molecule is O=C(O)CCc1cnc(COc2ccccc2Cl)s1. The molecule has 0 aliphatic rings. The highest BCUT2D eigenvalue weighted by atomic mass is 35.5. The molecule has 1 aromatic heterocycles. The largest absolute Gasteiger partial charge is 0.485 e. The van der Waals surface area contributed by atoms with Crippen LogP contribution in [0.5, 0.6) is 5.75 Å². The van der Waals surface area contributed by atoms with Gasteiger partial charge in [-0.3, -0.25) is 4.79 Å². The zero-order valence-electron chi connectivity index (χ0n) is 10.0. The number of hydrogen-bond donors (Lipinski definition) is 1. The van der Waals surface area contributed by atoms with Crippen LogP contribution in [0.1, 0.15) is 16.3 Å². The van der Waals surface area contributed by atoms with E-state index in [0.717, 1.165) is 9.88 Å². The van der Waals surface area contributed by atoms with Gasteiger partial charge >= 0.3 is 5.97 Å². The van der Waals surface area contributed by atoms with E-state index in [2.05, 4.69) is 4.98 Å². The first kappa shape index (κ1) is 13.8. The standard InChI is InChI=1S/C13H12ClNO3S/c14-10-3-1-2-4-11(10)18-8-12-15-7-9(19-12)5-6-13(16)17/h1-4,7H,5-6,8H2,(H,16,17). The number of carboxylic acids is 1. The summed E-state index contributed by atoms with van der Waals surface area (Å²) in [6.07, 6.45) is 2.31. The number of rotatable bonds is 6. The van der Waals surface area contributed by atoms with Gasteiger partial charge in [0, 0.05) is 11.1 Å². The molecule has 2 aromatic rings. The highest BCUT2D eigenvalue weighted by molar-refractivity contribution is 7.11. The van der Waals surface area contributed by atoms with Crippen molar-refractivity contribution in [1.82, 2.24) is 4.98 Å². The number of nitrogens with zero attached hydrogens (tertiary/aromatic N) is 1. The summed E-state index contributed by atoms with van der Waals surface area (Å²) in [6, 6.07) is 7.24. The lowest BCUT2D eigenvalue weighted by atomic mass is 10.3. The lowest BCUT2D eigenvalue weighted by molar-refractivity contribution is -0.136. The van der Waals surface area contributed by atoms with Crippen molar-refractivity contribution in [2.45, 2.75) is 19.4 Å². The number of hydrogen-bond acceptors (Lipinski definition) is 4. The molecular weight excluding hydrogens is 286 g/mol. The Bertz CT molecular complexity index is 571. The maximum atomic E-state index is 10.5. The fourth-order valence-corrected chi connectivity index (χ4v) is 2.49. The zero-order valence-corrected chi connectivity index (χ0v) is 11.6. The molecule has 0 bridgehead atoms. The van der Waals surface area contributed by atoms with Gasteiger partial charge in [-0.25, -0.2) is 4.98 Å². The molecule has 0 saturated carbocycles. The summed E-state index contributed by atoms with van der Waals surface area (Å²) in [5.41, 5.74) is 0. The van der Waals surface area contributed by atoms with Crippen molar-refractivity contribution in [1.29, 1.82) is 0 Å². The third-order valence-corrected chi connectivity index (χ3v) is 3.72. The van der Waals surface area contributed by atoms with Gasteiger partial charge < -0.3 is 9.84 Å². The fourth-order valence-electron chi connectivity index (χ4n) is 1.46. The molecule has 100 valence electrons. The van der Waals surface area contributed by atoms with Gasteiger partial charge in [-0.05, 0) is 18.6 Å². The van der Waals surface area contributed by atoms with Gasteiger partial charge in [0.25, 0.3) is 0 Å². The highest BCUT2D eigenvalue weighted by Gasteiger charge is 2.06. The first-order valence-corrected chi connectivity index (χ1v) is 6.87. The Morgan fingerprint density at radius 3 is 2.95 bits per heavy atom. The second-order valence-corrected chi connectivity index (χ2v) is 5.44. The molecule has 0 unspecified atom stereocenters. The Labute approximate surface area is 119 Å². The molecule has 0 fully saturated rings. The van der Waals surface area contributed by atoms with E-state index < -0.39 is 5.97 Å². The summed E-state index contributed by atoms with van der Waals surface area (Å²) in [5.74, 6) is -0.186. The average Bonchev–Trinajstić information content (AvgIpc) is 2.83. The number of ether oxygens (including phenoxy) is 1. The van der Waals surface area contributed by atoms with Crippen molar-refractivity contribution >= 4 is 28.9 Å². The van der Waals surface area contributed by atoms with Crippen molar-refractivity contribution in [3.63, 3.8) is 0 Å². The van der Waals surface area contributed by atoms with Crippen LogP contribution in [0.15, 0.2) is 30.5 Å². The van der Waals surface area contributed by atoms with Gasteiger partial charge in [0.05, 0.1) is 11.4 Å². The van der Waals surface area contributed by atoms with Gasteiger partial charge in [0.15, 0.2) is 0 Å². The van der Waals surface area contributed by atoms with Crippen LogP contribution < -0.4 is 4.74 Å². The smallest absolute Gasteiger partial charge is 0.303 e. The van der Waals surface area contributed by atoms with E-state index in [0.29, 0.717) is 23.8 Å². The molecular formula is C13H12ClNO3S. The van der Waals surface area contributed by atoms with E-state index in [1.807, 2.05) is 12.1 Å². The Balaban J connectivity index is 1.90. The molecule has 0 atom stereocenters. The van der Waals surface area contributed by atoms with Crippen LogP contribution in [0.25, 0.3) is 0 Å². The van der Waals surface area contributed by atoms with E-state index in [1.54, 1.807) is 18.3 Å². The molecule has 0 aliphatic carbocycles. The van der Waals surface area contributed by atoms with Gasteiger partial charge in [-0.1, -0.05) is 23.7 Å². The molecule has 0 saturated heterocycles. The number of halogens is 1. The monoisotopic (exact) mass is 297 g/mol. The van der Waals surface area contributed by atoms with Crippen LogP contribution in [0.2, 0.25) is 5.02 Å². The fraction of sp³-hybridized carbons (Fsp3) is 0.231. The minimum atomic E-state index is -0.803. The normalized spacial score (nSPS) is 10.4.